The van der Waals surface area contributed by atoms with E-state index in [1.54, 1.807) is 0 Å². The van der Waals surface area contributed by atoms with Gasteiger partial charge in [-0.25, -0.2) is 0 Å². The van der Waals surface area contributed by atoms with Crippen molar-refractivity contribution in [1.29, 1.82) is 0 Å². The van der Waals surface area contributed by atoms with Crippen LogP contribution in [0.25, 0.3) is 0 Å². The molecule has 0 aromatic heterocycles. The monoisotopic (exact) mass is 420 g/mol. The lowest BCUT2D eigenvalue weighted by Crippen LogP contribution is -2.37. The van der Waals surface area contributed by atoms with Crippen LogP contribution in [0.5, 0.6) is 0 Å². The summed E-state index contributed by atoms with van der Waals surface area (Å²) in [4.78, 5) is 27.7. The molecule has 2 atom stereocenters. The molecule has 2 unspecified atom stereocenters. The van der Waals surface area contributed by atoms with Gasteiger partial charge in [-0.3, -0.25) is 9.59 Å². The van der Waals surface area contributed by atoms with E-state index in [0.717, 1.165) is 17.5 Å². The third-order valence-electron chi connectivity index (χ3n) is 6.57. The van der Waals surface area contributed by atoms with Crippen molar-refractivity contribution >= 4 is 11.8 Å². The fraction of sp³-hybridized carbons (Fsp3) is 0.481. The van der Waals surface area contributed by atoms with Crippen LogP contribution < -0.4 is 5.32 Å². The molecule has 0 bridgehead atoms. The number of hydrogen-bond acceptors (Lipinski definition) is 2. The van der Waals surface area contributed by atoms with Crippen LogP contribution in [-0.2, 0) is 9.59 Å². The topological polar surface area (TPSA) is 49.4 Å². The highest BCUT2D eigenvalue weighted by Gasteiger charge is 2.24. The Morgan fingerprint density at radius 3 is 2.10 bits per heavy atom. The van der Waals surface area contributed by atoms with Crippen molar-refractivity contribution in [3.05, 3.63) is 71.8 Å². The van der Waals surface area contributed by atoms with Crippen molar-refractivity contribution < 1.29 is 9.59 Å². The summed E-state index contributed by atoms with van der Waals surface area (Å²) in [6, 6.07) is 20.0. The molecule has 4 heteroatoms. The van der Waals surface area contributed by atoms with E-state index in [1.807, 2.05) is 60.4 Å². The second-order valence-electron chi connectivity index (χ2n) is 8.81. The summed E-state index contributed by atoms with van der Waals surface area (Å²) in [6.45, 7) is 4.49. The number of carbonyl (C=O) groups excluding carboxylic acids is 2. The van der Waals surface area contributed by atoms with Crippen molar-refractivity contribution in [2.45, 2.75) is 70.9 Å². The highest BCUT2D eigenvalue weighted by molar-refractivity contribution is 5.79. The largest absolute Gasteiger partial charge is 0.350 e. The molecule has 166 valence electrons. The molecule has 2 aromatic rings. The first kappa shape index (κ1) is 23.1. The Hall–Kier alpha value is -2.62. The fourth-order valence-corrected chi connectivity index (χ4v) is 4.58. The van der Waals surface area contributed by atoms with Crippen molar-refractivity contribution in [1.82, 2.24) is 10.2 Å². The molecule has 31 heavy (non-hydrogen) atoms. The van der Waals surface area contributed by atoms with E-state index >= 15 is 0 Å². The smallest absolute Gasteiger partial charge is 0.223 e. The van der Waals surface area contributed by atoms with Gasteiger partial charge >= 0.3 is 0 Å². The lowest BCUT2D eigenvalue weighted by Gasteiger charge is -2.30. The predicted molar refractivity (Wildman–Crippen MR) is 125 cm³/mol. The van der Waals surface area contributed by atoms with Gasteiger partial charge in [-0.05, 0) is 37.3 Å². The summed E-state index contributed by atoms with van der Waals surface area (Å²) >= 11 is 0. The first-order valence-corrected chi connectivity index (χ1v) is 11.7. The van der Waals surface area contributed by atoms with Gasteiger partial charge in [0.05, 0.1) is 12.1 Å². The zero-order chi connectivity index (χ0) is 22.1. The van der Waals surface area contributed by atoms with Crippen LogP contribution in [0.3, 0.4) is 0 Å². The summed E-state index contributed by atoms with van der Waals surface area (Å²) in [7, 11) is 0. The second-order valence-corrected chi connectivity index (χ2v) is 8.81. The first-order valence-electron chi connectivity index (χ1n) is 11.7. The number of benzene rings is 2. The molecule has 0 heterocycles. The van der Waals surface area contributed by atoms with Crippen LogP contribution in [0.2, 0.25) is 0 Å². The lowest BCUT2D eigenvalue weighted by molar-refractivity contribution is -0.134. The van der Waals surface area contributed by atoms with Gasteiger partial charge < -0.3 is 10.2 Å². The van der Waals surface area contributed by atoms with Crippen LogP contribution in [0.1, 0.15) is 82.0 Å². The molecule has 0 spiro atoms. The van der Waals surface area contributed by atoms with E-state index in [1.165, 1.54) is 25.7 Å². The molecule has 1 N–H and O–H groups in total. The number of nitrogens with zero attached hydrogens (tertiary/aromatic N) is 1. The number of carbonyl (C=O) groups is 2. The molecule has 2 aromatic carbocycles. The van der Waals surface area contributed by atoms with Gasteiger partial charge in [-0.1, -0.05) is 86.3 Å². The predicted octanol–water partition coefficient (Wildman–Crippen LogP) is 5.81. The average molecular weight is 421 g/mol. The molecule has 1 fully saturated rings. The summed E-state index contributed by atoms with van der Waals surface area (Å²) in [5.41, 5.74) is 2.19. The Kier molecular flexibility index (Phi) is 8.69. The van der Waals surface area contributed by atoms with E-state index < -0.39 is 0 Å². The number of hydrogen-bond donors (Lipinski definition) is 1. The highest BCUT2D eigenvalue weighted by atomic mass is 16.2. The zero-order valence-electron chi connectivity index (χ0n) is 18.9. The highest BCUT2D eigenvalue weighted by Crippen LogP contribution is 2.29. The SMILES string of the molecule is CC(NC(=O)CCN(C(=O)CCC1CCCC1)C(C)c1ccccc1)c1ccccc1. The minimum Gasteiger partial charge on any atom is -0.350 e. The minimum atomic E-state index is -0.0493. The Labute approximate surface area is 187 Å². The Morgan fingerprint density at radius 1 is 0.903 bits per heavy atom. The summed E-state index contributed by atoms with van der Waals surface area (Å²) < 4.78 is 0. The van der Waals surface area contributed by atoms with Crippen LogP contribution in [-0.4, -0.2) is 23.3 Å². The van der Waals surface area contributed by atoms with E-state index in [-0.39, 0.29) is 23.9 Å². The van der Waals surface area contributed by atoms with Gasteiger partial charge in [0.1, 0.15) is 0 Å². The molecular weight excluding hydrogens is 384 g/mol. The normalized spacial score (nSPS) is 15.9. The van der Waals surface area contributed by atoms with Crippen molar-refractivity contribution in [2.75, 3.05) is 6.54 Å². The molecule has 3 rings (SSSR count). The molecule has 0 aliphatic heterocycles. The number of amides is 2. The van der Waals surface area contributed by atoms with E-state index in [2.05, 4.69) is 24.4 Å². The molecule has 1 saturated carbocycles. The minimum absolute atomic E-state index is 0.0230. The number of rotatable bonds is 10. The van der Waals surface area contributed by atoms with Crippen molar-refractivity contribution in [2.24, 2.45) is 5.92 Å². The van der Waals surface area contributed by atoms with Gasteiger partial charge in [0.15, 0.2) is 0 Å². The Bertz CT molecular complexity index is 816. The zero-order valence-corrected chi connectivity index (χ0v) is 18.9. The third-order valence-corrected chi connectivity index (χ3v) is 6.57. The second kappa shape index (κ2) is 11.7. The van der Waals surface area contributed by atoms with Crippen LogP contribution in [0.4, 0.5) is 0 Å². The van der Waals surface area contributed by atoms with Crippen LogP contribution in [0.15, 0.2) is 60.7 Å². The summed E-state index contributed by atoms with van der Waals surface area (Å²) in [5.74, 6) is 0.824. The lowest BCUT2D eigenvalue weighted by atomic mass is 10.00. The Balaban J connectivity index is 1.59. The van der Waals surface area contributed by atoms with E-state index in [4.69, 9.17) is 0 Å². The van der Waals surface area contributed by atoms with Gasteiger partial charge in [0, 0.05) is 19.4 Å². The van der Waals surface area contributed by atoms with Crippen molar-refractivity contribution in [3.8, 4) is 0 Å². The third kappa shape index (κ3) is 6.95. The van der Waals surface area contributed by atoms with Crippen LogP contribution >= 0.6 is 0 Å². The maximum absolute atomic E-state index is 13.2. The first-order chi connectivity index (χ1) is 15.0. The number of nitrogens with one attached hydrogen (secondary N) is 1. The molecule has 4 nitrogen and oxygen atoms in total. The maximum atomic E-state index is 13.2. The van der Waals surface area contributed by atoms with Gasteiger partial charge in [-0.2, -0.15) is 0 Å². The summed E-state index contributed by atoms with van der Waals surface area (Å²) in [5, 5.41) is 3.07. The Morgan fingerprint density at radius 2 is 1.48 bits per heavy atom. The average Bonchev–Trinajstić information content (AvgIpc) is 3.32. The van der Waals surface area contributed by atoms with Crippen molar-refractivity contribution in [3.63, 3.8) is 0 Å². The fourth-order valence-electron chi connectivity index (χ4n) is 4.58. The molecule has 1 aliphatic rings. The van der Waals surface area contributed by atoms with Gasteiger partial charge in [-0.15, -0.1) is 0 Å². The van der Waals surface area contributed by atoms with Crippen LogP contribution in [0, 0.1) is 5.92 Å². The van der Waals surface area contributed by atoms with E-state index in [0.29, 0.717) is 25.3 Å². The van der Waals surface area contributed by atoms with Gasteiger partial charge in [0.25, 0.3) is 0 Å². The molecule has 0 saturated heterocycles. The molecular formula is C27H36N2O2. The molecule has 0 radical (unpaired) electrons. The summed E-state index contributed by atoms with van der Waals surface area (Å²) in [6.07, 6.45) is 6.94. The maximum Gasteiger partial charge on any atom is 0.223 e. The molecule has 2 amide bonds. The van der Waals surface area contributed by atoms with E-state index in [9.17, 15) is 9.59 Å². The molecule has 1 aliphatic carbocycles. The standard InChI is InChI=1S/C27H36N2O2/c1-21(24-13-5-3-6-14-24)28-26(30)19-20-29(22(2)25-15-7-4-8-16-25)27(31)18-17-23-11-9-10-12-23/h3-8,13-16,21-23H,9-12,17-20H2,1-2H3,(H,28,30). The van der Waals surface area contributed by atoms with Gasteiger partial charge in [0.2, 0.25) is 11.8 Å². The quantitative estimate of drug-likeness (QED) is 0.527.